The fraction of sp³-hybridized carbons (Fsp3) is 0.182. The average molecular weight is 238 g/mol. The van der Waals surface area contributed by atoms with E-state index in [1.54, 1.807) is 6.26 Å². The number of fused-ring (bicyclic) bond motifs is 1. The van der Waals surface area contributed by atoms with Crippen LogP contribution in [-0.2, 0) is 5.88 Å². The number of hydrogen-bond donors (Lipinski definition) is 0. The number of hydrogen-bond acceptors (Lipinski definition) is 4. The molecule has 0 amide bonds. The van der Waals surface area contributed by atoms with Crippen molar-refractivity contribution in [1.29, 1.82) is 0 Å². The van der Waals surface area contributed by atoms with Crippen LogP contribution >= 0.6 is 11.6 Å². The lowest BCUT2D eigenvalue weighted by Crippen LogP contribution is -1.92. The standard InChI is InChI=1S/C11H8ClNO3/c12-4-8-5-14-11(13-8)7-1-2-9-10(3-7)16-6-15-9/h1-3,5H,4,6H2. The monoisotopic (exact) mass is 237 g/mol. The van der Waals surface area contributed by atoms with E-state index in [0.717, 1.165) is 11.3 Å². The molecule has 2 heterocycles. The number of rotatable bonds is 2. The zero-order valence-corrected chi connectivity index (χ0v) is 9.03. The lowest BCUT2D eigenvalue weighted by atomic mass is 10.2. The third-order valence-corrected chi connectivity index (χ3v) is 2.58. The third-order valence-electron chi connectivity index (χ3n) is 2.31. The SMILES string of the molecule is ClCc1coc(-c2ccc3c(c2)OCO3)n1. The van der Waals surface area contributed by atoms with Crippen molar-refractivity contribution < 1.29 is 13.9 Å². The van der Waals surface area contributed by atoms with E-state index in [4.69, 9.17) is 25.5 Å². The van der Waals surface area contributed by atoms with Crippen molar-refractivity contribution in [3.63, 3.8) is 0 Å². The van der Waals surface area contributed by atoms with Crippen LogP contribution in [0.2, 0.25) is 0 Å². The van der Waals surface area contributed by atoms with Crippen LogP contribution in [0.1, 0.15) is 5.69 Å². The topological polar surface area (TPSA) is 44.5 Å². The summed E-state index contributed by atoms with van der Waals surface area (Å²) in [5.74, 6) is 2.33. The van der Waals surface area contributed by atoms with Crippen molar-refractivity contribution in [2.45, 2.75) is 5.88 Å². The Morgan fingerprint density at radius 1 is 1.25 bits per heavy atom. The number of alkyl halides is 1. The van der Waals surface area contributed by atoms with Crippen molar-refractivity contribution in [3.8, 4) is 23.0 Å². The van der Waals surface area contributed by atoms with Crippen LogP contribution in [0.5, 0.6) is 11.5 Å². The fourth-order valence-corrected chi connectivity index (χ4v) is 1.65. The van der Waals surface area contributed by atoms with Gasteiger partial charge in [0.1, 0.15) is 6.26 Å². The molecule has 0 atom stereocenters. The van der Waals surface area contributed by atoms with Crippen molar-refractivity contribution >= 4 is 11.6 Å². The lowest BCUT2D eigenvalue weighted by Gasteiger charge is -1.98. The molecule has 1 aromatic heterocycles. The summed E-state index contributed by atoms with van der Waals surface area (Å²) in [4.78, 5) is 4.23. The molecular formula is C11H8ClNO3. The van der Waals surface area contributed by atoms with Gasteiger partial charge in [0.25, 0.3) is 0 Å². The summed E-state index contributed by atoms with van der Waals surface area (Å²) in [6.45, 7) is 0.261. The molecule has 16 heavy (non-hydrogen) atoms. The van der Waals surface area contributed by atoms with Gasteiger partial charge in [0.15, 0.2) is 11.5 Å². The van der Waals surface area contributed by atoms with Crippen molar-refractivity contribution in [2.75, 3.05) is 6.79 Å². The van der Waals surface area contributed by atoms with Gasteiger partial charge in [-0.15, -0.1) is 11.6 Å². The zero-order chi connectivity index (χ0) is 11.0. The highest BCUT2D eigenvalue weighted by Gasteiger charge is 2.15. The number of oxazole rings is 1. The second-order valence-electron chi connectivity index (χ2n) is 3.35. The molecule has 0 saturated heterocycles. The molecule has 0 radical (unpaired) electrons. The van der Waals surface area contributed by atoms with Crippen LogP contribution in [0.15, 0.2) is 28.9 Å². The molecule has 0 N–H and O–H groups in total. The second-order valence-corrected chi connectivity index (χ2v) is 3.61. The maximum absolute atomic E-state index is 5.65. The molecule has 0 fully saturated rings. The minimum Gasteiger partial charge on any atom is -0.454 e. The van der Waals surface area contributed by atoms with Gasteiger partial charge in [-0.3, -0.25) is 0 Å². The molecule has 0 aliphatic carbocycles. The first-order valence-corrected chi connectivity index (χ1v) is 5.30. The molecule has 1 aliphatic rings. The Hall–Kier alpha value is -1.68. The zero-order valence-electron chi connectivity index (χ0n) is 8.27. The Balaban J connectivity index is 2.00. The van der Waals surface area contributed by atoms with Crippen LogP contribution in [0.25, 0.3) is 11.5 Å². The molecule has 3 rings (SSSR count). The molecule has 4 nitrogen and oxygen atoms in total. The van der Waals surface area contributed by atoms with Crippen LogP contribution in [0.4, 0.5) is 0 Å². The Kier molecular flexibility index (Phi) is 2.22. The van der Waals surface area contributed by atoms with Gasteiger partial charge in [0.2, 0.25) is 12.7 Å². The molecule has 2 aromatic rings. The van der Waals surface area contributed by atoms with Crippen LogP contribution in [0.3, 0.4) is 0 Å². The van der Waals surface area contributed by atoms with E-state index in [1.807, 2.05) is 18.2 Å². The maximum atomic E-state index is 5.65. The largest absolute Gasteiger partial charge is 0.454 e. The van der Waals surface area contributed by atoms with Gasteiger partial charge < -0.3 is 13.9 Å². The van der Waals surface area contributed by atoms with Gasteiger partial charge in [-0.2, -0.15) is 0 Å². The predicted octanol–water partition coefficient (Wildman–Crippen LogP) is 2.81. The maximum Gasteiger partial charge on any atom is 0.231 e. The molecule has 0 unspecified atom stereocenters. The Bertz CT molecular complexity index is 524. The third kappa shape index (κ3) is 1.51. The summed E-state index contributed by atoms with van der Waals surface area (Å²) >= 11 is 5.65. The smallest absolute Gasteiger partial charge is 0.231 e. The Morgan fingerprint density at radius 2 is 2.12 bits per heavy atom. The van der Waals surface area contributed by atoms with Gasteiger partial charge in [0, 0.05) is 5.56 Å². The van der Waals surface area contributed by atoms with Crippen LogP contribution in [0, 0.1) is 0 Å². The number of aromatic nitrogens is 1. The van der Waals surface area contributed by atoms with Gasteiger partial charge in [-0.1, -0.05) is 0 Å². The Labute approximate surface area is 96.8 Å². The van der Waals surface area contributed by atoms with Crippen LogP contribution in [-0.4, -0.2) is 11.8 Å². The van der Waals surface area contributed by atoms with Gasteiger partial charge in [-0.25, -0.2) is 4.98 Å². The predicted molar refractivity (Wildman–Crippen MR) is 57.6 cm³/mol. The van der Waals surface area contributed by atoms with Crippen molar-refractivity contribution in [1.82, 2.24) is 4.98 Å². The van der Waals surface area contributed by atoms with E-state index >= 15 is 0 Å². The molecule has 1 aliphatic heterocycles. The van der Waals surface area contributed by atoms with Crippen molar-refractivity contribution in [3.05, 3.63) is 30.2 Å². The average Bonchev–Trinajstić information content (AvgIpc) is 2.96. The molecular weight excluding hydrogens is 230 g/mol. The Morgan fingerprint density at radius 3 is 2.94 bits per heavy atom. The summed E-state index contributed by atoms with van der Waals surface area (Å²) in [6.07, 6.45) is 1.55. The molecule has 0 bridgehead atoms. The highest BCUT2D eigenvalue weighted by molar-refractivity contribution is 6.16. The summed E-state index contributed by atoms with van der Waals surface area (Å²) in [5, 5.41) is 0. The summed E-state index contributed by atoms with van der Waals surface area (Å²) in [7, 11) is 0. The van der Waals surface area contributed by atoms with Crippen LogP contribution < -0.4 is 9.47 Å². The van der Waals surface area contributed by atoms with E-state index in [2.05, 4.69) is 4.98 Å². The van der Waals surface area contributed by atoms with E-state index < -0.39 is 0 Å². The molecule has 1 aromatic carbocycles. The van der Waals surface area contributed by atoms with E-state index in [1.165, 1.54) is 0 Å². The number of nitrogens with zero attached hydrogens (tertiary/aromatic N) is 1. The highest BCUT2D eigenvalue weighted by Crippen LogP contribution is 2.35. The first-order chi connectivity index (χ1) is 7.86. The summed E-state index contributed by atoms with van der Waals surface area (Å²) in [5.41, 5.74) is 1.56. The minimum atomic E-state index is 0.261. The first kappa shape index (κ1) is 9.54. The fourth-order valence-electron chi connectivity index (χ4n) is 1.53. The molecule has 0 saturated carbocycles. The van der Waals surface area contributed by atoms with Gasteiger partial charge in [-0.05, 0) is 18.2 Å². The number of halogens is 1. The van der Waals surface area contributed by atoms with Gasteiger partial charge in [0.05, 0.1) is 11.6 Å². The highest BCUT2D eigenvalue weighted by atomic mass is 35.5. The van der Waals surface area contributed by atoms with E-state index in [-0.39, 0.29) is 6.79 Å². The minimum absolute atomic E-state index is 0.261. The number of benzene rings is 1. The van der Waals surface area contributed by atoms with E-state index in [0.29, 0.717) is 23.2 Å². The first-order valence-electron chi connectivity index (χ1n) is 4.77. The molecule has 5 heteroatoms. The summed E-state index contributed by atoms with van der Waals surface area (Å²) < 4.78 is 15.8. The normalized spacial score (nSPS) is 13.1. The second kappa shape index (κ2) is 3.72. The lowest BCUT2D eigenvalue weighted by molar-refractivity contribution is 0.174. The quantitative estimate of drug-likeness (QED) is 0.754. The van der Waals surface area contributed by atoms with E-state index in [9.17, 15) is 0 Å². The van der Waals surface area contributed by atoms with Crippen molar-refractivity contribution in [2.24, 2.45) is 0 Å². The molecule has 0 spiro atoms. The van der Waals surface area contributed by atoms with Gasteiger partial charge >= 0.3 is 0 Å². The summed E-state index contributed by atoms with van der Waals surface area (Å²) in [6, 6.07) is 5.55. The molecule has 82 valence electrons. The number of ether oxygens (including phenoxy) is 2.